The summed E-state index contributed by atoms with van der Waals surface area (Å²) >= 11 is 3.39. The third-order valence-corrected chi connectivity index (χ3v) is 7.23. The van der Waals surface area contributed by atoms with Crippen LogP contribution in [-0.4, -0.2) is 25.5 Å². The molecule has 7 heteroatoms. The molecule has 2 fully saturated rings. The summed E-state index contributed by atoms with van der Waals surface area (Å²) in [6.45, 7) is 0. The monoisotopic (exact) mass is 467 g/mol. The zero-order valence-electron chi connectivity index (χ0n) is 15.6. The number of carboxylic acid groups (broad SMARTS) is 1. The molecule has 0 spiro atoms. The molecule has 4 unspecified atom stereocenters. The predicted molar refractivity (Wildman–Crippen MR) is 114 cm³/mol. The van der Waals surface area contributed by atoms with E-state index < -0.39 is 16.0 Å². The van der Waals surface area contributed by atoms with Crippen LogP contribution in [0.25, 0.3) is 6.08 Å². The van der Waals surface area contributed by atoms with Crippen molar-refractivity contribution in [2.24, 2.45) is 17.8 Å². The number of benzene rings is 1. The zero-order valence-corrected chi connectivity index (χ0v) is 18.0. The van der Waals surface area contributed by atoms with Gasteiger partial charge in [0.15, 0.2) is 0 Å². The Labute approximate surface area is 175 Å². The van der Waals surface area contributed by atoms with Gasteiger partial charge in [-0.3, -0.25) is 4.79 Å². The molecule has 4 atom stereocenters. The van der Waals surface area contributed by atoms with E-state index in [0.29, 0.717) is 24.2 Å². The van der Waals surface area contributed by atoms with Crippen molar-refractivity contribution in [2.45, 2.75) is 44.6 Å². The third-order valence-electron chi connectivity index (χ3n) is 5.61. The SMILES string of the molecule is O=C(O)CCCC=CC1CC2CC(NS(=O)(=O)C=Cc3cccc(Br)c3)C1C2. The molecule has 0 aromatic heterocycles. The van der Waals surface area contributed by atoms with Crippen LogP contribution in [0, 0.1) is 17.8 Å². The molecule has 2 aliphatic carbocycles. The van der Waals surface area contributed by atoms with Gasteiger partial charge in [0.1, 0.15) is 0 Å². The molecule has 0 radical (unpaired) electrons. The van der Waals surface area contributed by atoms with E-state index in [1.54, 1.807) is 6.08 Å². The Balaban J connectivity index is 1.55. The number of aliphatic carboxylic acids is 1. The summed E-state index contributed by atoms with van der Waals surface area (Å²) in [5.74, 6) is 0.513. The number of fused-ring (bicyclic) bond motifs is 2. The lowest BCUT2D eigenvalue weighted by atomic mass is 9.85. The second-order valence-corrected chi connectivity index (χ2v) is 10.3. The van der Waals surface area contributed by atoms with Crippen molar-refractivity contribution in [1.29, 1.82) is 0 Å². The summed E-state index contributed by atoms with van der Waals surface area (Å²) in [5, 5.41) is 9.93. The molecule has 5 nitrogen and oxygen atoms in total. The fourth-order valence-electron chi connectivity index (χ4n) is 4.43. The predicted octanol–water partition coefficient (Wildman–Crippen LogP) is 4.57. The first-order valence-electron chi connectivity index (χ1n) is 9.67. The molecule has 0 saturated heterocycles. The molecule has 2 saturated carbocycles. The van der Waals surface area contributed by atoms with Crippen molar-refractivity contribution in [3.05, 3.63) is 51.9 Å². The van der Waals surface area contributed by atoms with Crippen molar-refractivity contribution in [3.8, 4) is 0 Å². The molecule has 1 aromatic carbocycles. The van der Waals surface area contributed by atoms with Crippen molar-refractivity contribution in [2.75, 3.05) is 0 Å². The van der Waals surface area contributed by atoms with E-state index in [-0.39, 0.29) is 12.5 Å². The summed E-state index contributed by atoms with van der Waals surface area (Å²) in [7, 11) is -3.50. The molecule has 2 aliphatic rings. The van der Waals surface area contributed by atoms with Crippen molar-refractivity contribution < 1.29 is 18.3 Å². The fraction of sp³-hybridized carbons (Fsp3) is 0.476. The summed E-state index contributed by atoms with van der Waals surface area (Å²) in [6, 6.07) is 7.47. The van der Waals surface area contributed by atoms with Crippen LogP contribution >= 0.6 is 15.9 Å². The van der Waals surface area contributed by atoms with Crippen LogP contribution in [0.15, 0.2) is 46.3 Å². The van der Waals surface area contributed by atoms with Gasteiger partial charge in [-0.25, -0.2) is 13.1 Å². The smallest absolute Gasteiger partial charge is 0.303 e. The lowest BCUT2D eigenvalue weighted by Gasteiger charge is -2.27. The number of halogens is 1. The lowest BCUT2D eigenvalue weighted by Crippen LogP contribution is -2.40. The third kappa shape index (κ3) is 6.03. The van der Waals surface area contributed by atoms with E-state index in [0.717, 1.165) is 35.7 Å². The molecule has 0 aliphatic heterocycles. The van der Waals surface area contributed by atoms with Crippen molar-refractivity contribution in [1.82, 2.24) is 4.72 Å². The highest BCUT2D eigenvalue weighted by atomic mass is 79.9. The first-order valence-corrected chi connectivity index (χ1v) is 12.0. The summed E-state index contributed by atoms with van der Waals surface area (Å²) < 4.78 is 28.8. The van der Waals surface area contributed by atoms with Gasteiger partial charge in [-0.2, -0.15) is 0 Å². The van der Waals surface area contributed by atoms with Gasteiger partial charge in [0.2, 0.25) is 10.0 Å². The van der Waals surface area contributed by atoms with Gasteiger partial charge >= 0.3 is 5.97 Å². The highest BCUT2D eigenvalue weighted by Gasteiger charge is 2.46. The molecule has 0 heterocycles. The van der Waals surface area contributed by atoms with E-state index in [9.17, 15) is 13.2 Å². The van der Waals surface area contributed by atoms with Crippen LogP contribution in [0.5, 0.6) is 0 Å². The molecule has 0 amide bonds. The van der Waals surface area contributed by atoms with E-state index >= 15 is 0 Å². The number of unbranched alkanes of at least 4 members (excludes halogenated alkanes) is 1. The highest BCUT2D eigenvalue weighted by molar-refractivity contribution is 9.10. The molecule has 3 rings (SSSR count). The Hall–Kier alpha value is -1.44. The maximum Gasteiger partial charge on any atom is 0.303 e. The number of nitrogens with one attached hydrogen (secondary N) is 1. The van der Waals surface area contributed by atoms with Gasteiger partial charge < -0.3 is 5.11 Å². The largest absolute Gasteiger partial charge is 0.481 e. The maximum absolute atomic E-state index is 12.5. The molecule has 28 heavy (non-hydrogen) atoms. The van der Waals surface area contributed by atoms with E-state index in [1.807, 2.05) is 24.3 Å². The minimum atomic E-state index is -3.50. The molecular formula is C21H26BrNO4S. The van der Waals surface area contributed by atoms with Crippen LogP contribution in [-0.2, 0) is 14.8 Å². The van der Waals surface area contributed by atoms with Crippen molar-refractivity contribution in [3.63, 3.8) is 0 Å². The topological polar surface area (TPSA) is 83.5 Å². The fourth-order valence-corrected chi connectivity index (χ4v) is 5.96. The normalized spacial score (nSPS) is 27.2. The summed E-state index contributed by atoms with van der Waals surface area (Å²) in [6.07, 6.45) is 10.5. The first-order chi connectivity index (χ1) is 13.3. The van der Waals surface area contributed by atoms with Gasteiger partial charge in [0.05, 0.1) is 0 Å². The average Bonchev–Trinajstić information content (AvgIpc) is 3.19. The second-order valence-electron chi connectivity index (χ2n) is 7.74. The Morgan fingerprint density at radius 1 is 1.29 bits per heavy atom. The number of rotatable bonds is 9. The van der Waals surface area contributed by atoms with Gasteiger partial charge in [0, 0.05) is 22.3 Å². The minimum Gasteiger partial charge on any atom is -0.481 e. The van der Waals surface area contributed by atoms with Gasteiger partial charge in [-0.05, 0) is 73.6 Å². The van der Waals surface area contributed by atoms with Gasteiger partial charge in [0.25, 0.3) is 0 Å². The van der Waals surface area contributed by atoms with E-state index in [2.05, 4.69) is 32.8 Å². The second kappa shape index (κ2) is 9.37. The number of allylic oxidation sites excluding steroid dienone is 2. The quantitative estimate of drug-likeness (QED) is 0.411. The Bertz CT molecular complexity index is 865. The number of hydrogen-bond acceptors (Lipinski definition) is 3. The Kier molecular flexibility index (Phi) is 7.12. The standard InChI is InChI=1S/C21H26BrNO4S/c22-18-7-4-5-15(12-18)9-10-28(26,27)23-20-14-16-11-17(19(20)13-16)6-2-1-3-8-21(24)25/h2,4-7,9-10,12,16-17,19-20,23H,1,3,8,11,13-14H2,(H,24,25). The Morgan fingerprint density at radius 3 is 2.82 bits per heavy atom. The van der Waals surface area contributed by atoms with Crippen LogP contribution in [0.4, 0.5) is 0 Å². The molecule has 152 valence electrons. The summed E-state index contributed by atoms with van der Waals surface area (Å²) in [4.78, 5) is 10.6. The van der Waals surface area contributed by atoms with E-state index in [4.69, 9.17) is 5.11 Å². The highest BCUT2D eigenvalue weighted by Crippen LogP contribution is 2.49. The maximum atomic E-state index is 12.5. The number of carbonyl (C=O) groups is 1. The zero-order chi connectivity index (χ0) is 20.1. The van der Waals surface area contributed by atoms with Crippen LogP contribution in [0.2, 0.25) is 0 Å². The van der Waals surface area contributed by atoms with E-state index in [1.165, 1.54) is 5.41 Å². The van der Waals surface area contributed by atoms with Gasteiger partial charge in [-0.15, -0.1) is 0 Å². The molecule has 2 bridgehead atoms. The summed E-state index contributed by atoms with van der Waals surface area (Å²) in [5.41, 5.74) is 0.829. The molecule has 2 N–H and O–H groups in total. The van der Waals surface area contributed by atoms with Crippen LogP contribution in [0.3, 0.4) is 0 Å². The number of hydrogen-bond donors (Lipinski definition) is 2. The number of carboxylic acids is 1. The molecular weight excluding hydrogens is 442 g/mol. The van der Waals surface area contributed by atoms with Crippen molar-refractivity contribution >= 4 is 38.0 Å². The first kappa shape index (κ1) is 21.3. The van der Waals surface area contributed by atoms with Crippen LogP contribution in [0.1, 0.15) is 44.1 Å². The van der Waals surface area contributed by atoms with Gasteiger partial charge in [-0.1, -0.05) is 40.2 Å². The lowest BCUT2D eigenvalue weighted by molar-refractivity contribution is -0.137. The molecule has 1 aromatic rings. The number of sulfonamides is 1. The van der Waals surface area contributed by atoms with Crippen LogP contribution < -0.4 is 4.72 Å². The average molecular weight is 468 g/mol. The minimum absolute atomic E-state index is 0.0235. The Morgan fingerprint density at radius 2 is 2.11 bits per heavy atom.